The highest BCUT2D eigenvalue weighted by Gasteiger charge is 2.19. The normalized spacial score (nSPS) is 15.8. The summed E-state index contributed by atoms with van der Waals surface area (Å²) >= 11 is 5.90. The Morgan fingerprint density at radius 1 is 1.24 bits per heavy atom. The first-order valence-electron chi connectivity index (χ1n) is 7.03. The van der Waals surface area contributed by atoms with Crippen LogP contribution < -0.4 is 5.32 Å². The second-order valence-electron chi connectivity index (χ2n) is 5.19. The molecule has 114 valence electrons. The Bertz CT molecular complexity index is 513. The number of benzene rings is 1. The molecule has 2 rings (SSSR count). The lowest BCUT2D eigenvalue weighted by Crippen LogP contribution is -2.50. The molecule has 1 aliphatic rings. The Morgan fingerprint density at radius 2 is 1.95 bits per heavy atom. The minimum Gasteiger partial charge on any atom is -0.351 e. The minimum absolute atomic E-state index is 0.00810. The van der Waals surface area contributed by atoms with Gasteiger partial charge in [-0.15, -0.1) is 0 Å². The summed E-state index contributed by atoms with van der Waals surface area (Å²) in [5.41, 5.74) is 0.984. The highest BCUT2D eigenvalue weighted by Crippen LogP contribution is 2.10. The maximum atomic E-state index is 11.9. The molecule has 0 unspecified atom stereocenters. The molecule has 1 N–H and O–H groups in total. The van der Waals surface area contributed by atoms with Crippen LogP contribution in [0.1, 0.15) is 12.5 Å². The Labute approximate surface area is 129 Å². The lowest BCUT2D eigenvalue weighted by atomic mass is 10.2. The van der Waals surface area contributed by atoms with Crippen molar-refractivity contribution in [2.24, 2.45) is 0 Å². The van der Waals surface area contributed by atoms with Crippen molar-refractivity contribution in [2.75, 3.05) is 32.7 Å². The molecule has 1 fully saturated rings. The number of amides is 2. The van der Waals surface area contributed by atoms with E-state index in [4.69, 9.17) is 11.6 Å². The first-order valence-corrected chi connectivity index (χ1v) is 7.41. The molecular weight excluding hydrogens is 290 g/mol. The molecule has 1 saturated heterocycles. The number of hydrogen-bond donors (Lipinski definition) is 1. The Kier molecular flexibility index (Phi) is 5.59. The molecule has 6 heteroatoms. The molecule has 0 saturated carbocycles. The van der Waals surface area contributed by atoms with Crippen LogP contribution in [0.5, 0.6) is 0 Å². The summed E-state index contributed by atoms with van der Waals surface area (Å²) < 4.78 is 0. The number of halogens is 1. The van der Waals surface area contributed by atoms with Crippen LogP contribution in [0.2, 0.25) is 5.02 Å². The van der Waals surface area contributed by atoms with Crippen LogP contribution in [-0.4, -0.2) is 54.3 Å². The zero-order valence-corrected chi connectivity index (χ0v) is 12.9. The Hall–Kier alpha value is -1.59. The van der Waals surface area contributed by atoms with E-state index in [0.717, 1.165) is 18.7 Å². The molecular formula is C15H20ClN3O2. The van der Waals surface area contributed by atoms with Crippen LogP contribution in [0.4, 0.5) is 0 Å². The van der Waals surface area contributed by atoms with Crippen LogP contribution in [-0.2, 0) is 16.1 Å². The third kappa shape index (κ3) is 5.02. The molecule has 0 aromatic heterocycles. The number of nitrogens with zero attached hydrogens (tertiary/aromatic N) is 2. The van der Waals surface area contributed by atoms with Gasteiger partial charge in [0.25, 0.3) is 0 Å². The summed E-state index contributed by atoms with van der Waals surface area (Å²) in [7, 11) is 0. The van der Waals surface area contributed by atoms with Gasteiger partial charge in [0.1, 0.15) is 0 Å². The maximum Gasteiger partial charge on any atom is 0.234 e. The van der Waals surface area contributed by atoms with Gasteiger partial charge in [0, 0.05) is 44.7 Å². The van der Waals surface area contributed by atoms with E-state index >= 15 is 0 Å². The smallest absolute Gasteiger partial charge is 0.234 e. The fourth-order valence-electron chi connectivity index (χ4n) is 2.33. The summed E-state index contributed by atoms with van der Waals surface area (Å²) in [4.78, 5) is 27.0. The summed E-state index contributed by atoms with van der Waals surface area (Å²) in [6.07, 6.45) is 0. The van der Waals surface area contributed by atoms with Gasteiger partial charge in [-0.05, 0) is 17.7 Å². The van der Waals surface area contributed by atoms with Crippen molar-refractivity contribution < 1.29 is 9.59 Å². The van der Waals surface area contributed by atoms with E-state index in [2.05, 4.69) is 10.2 Å². The predicted molar refractivity (Wildman–Crippen MR) is 82.0 cm³/mol. The fraction of sp³-hybridized carbons (Fsp3) is 0.467. The fourth-order valence-corrected chi connectivity index (χ4v) is 2.54. The van der Waals surface area contributed by atoms with Gasteiger partial charge in [-0.25, -0.2) is 0 Å². The van der Waals surface area contributed by atoms with E-state index in [0.29, 0.717) is 31.2 Å². The summed E-state index contributed by atoms with van der Waals surface area (Å²) in [6, 6.07) is 7.44. The number of nitrogens with one attached hydrogen (secondary N) is 1. The lowest BCUT2D eigenvalue weighted by molar-refractivity contribution is -0.131. The molecule has 1 aliphatic heterocycles. The molecule has 0 radical (unpaired) electrons. The number of hydrogen-bond acceptors (Lipinski definition) is 3. The quantitative estimate of drug-likeness (QED) is 0.907. The van der Waals surface area contributed by atoms with Gasteiger partial charge >= 0.3 is 0 Å². The number of rotatable bonds is 4. The van der Waals surface area contributed by atoms with Crippen molar-refractivity contribution in [1.82, 2.24) is 15.1 Å². The molecule has 0 bridgehead atoms. The molecule has 2 amide bonds. The van der Waals surface area contributed by atoms with Crippen molar-refractivity contribution in [1.29, 1.82) is 0 Å². The minimum atomic E-state index is -0.00810. The summed E-state index contributed by atoms with van der Waals surface area (Å²) in [5, 5.41) is 3.56. The average Bonchev–Trinajstić information content (AvgIpc) is 2.46. The number of carbonyl (C=O) groups excluding carboxylic acids is 2. The van der Waals surface area contributed by atoms with E-state index in [1.807, 2.05) is 18.2 Å². The number of piperazine rings is 1. The van der Waals surface area contributed by atoms with Gasteiger partial charge in [0.15, 0.2) is 0 Å². The average molecular weight is 310 g/mol. The first-order chi connectivity index (χ1) is 10.0. The van der Waals surface area contributed by atoms with Crippen molar-refractivity contribution in [3.8, 4) is 0 Å². The van der Waals surface area contributed by atoms with Crippen molar-refractivity contribution in [3.05, 3.63) is 34.9 Å². The highest BCUT2D eigenvalue weighted by molar-refractivity contribution is 6.30. The van der Waals surface area contributed by atoms with Gasteiger partial charge in [0.05, 0.1) is 6.54 Å². The number of carbonyl (C=O) groups is 2. The van der Waals surface area contributed by atoms with E-state index in [9.17, 15) is 9.59 Å². The van der Waals surface area contributed by atoms with E-state index in [-0.39, 0.29) is 11.8 Å². The zero-order valence-electron chi connectivity index (χ0n) is 12.1. The van der Waals surface area contributed by atoms with Crippen LogP contribution in [0, 0.1) is 0 Å². The summed E-state index contributed by atoms with van der Waals surface area (Å²) in [6.45, 7) is 5.29. The van der Waals surface area contributed by atoms with Crippen LogP contribution >= 0.6 is 11.6 Å². The van der Waals surface area contributed by atoms with Crippen molar-refractivity contribution >= 4 is 23.4 Å². The lowest BCUT2D eigenvalue weighted by Gasteiger charge is -2.33. The Balaban J connectivity index is 1.72. The van der Waals surface area contributed by atoms with Gasteiger partial charge in [-0.2, -0.15) is 0 Å². The molecule has 0 spiro atoms. The third-order valence-corrected chi connectivity index (χ3v) is 3.80. The SMILES string of the molecule is CC(=O)N1CCN(CC(=O)NCc2cccc(Cl)c2)CC1. The molecule has 1 aromatic rings. The second-order valence-corrected chi connectivity index (χ2v) is 5.63. The molecule has 0 aliphatic carbocycles. The molecule has 1 heterocycles. The van der Waals surface area contributed by atoms with Gasteiger partial charge < -0.3 is 10.2 Å². The second kappa shape index (κ2) is 7.43. The van der Waals surface area contributed by atoms with Crippen LogP contribution in [0.25, 0.3) is 0 Å². The van der Waals surface area contributed by atoms with Crippen LogP contribution in [0.3, 0.4) is 0 Å². The van der Waals surface area contributed by atoms with E-state index in [1.54, 1.807) is 17.9 Å². The molecule has 1 aromatic carbocycles. The molecule has 21 heavy (non-hydrogen) atoms. The van der Waals surface area contributed by atoms with Gasteiger partial charge in [0.2, 0.25) is 11.8 Å². The summed E-state index contributed by atoms with van der Waals surface area (Å²) in [5.74, 6) is 0.0892. The first kappa shape index (κ1) is 15.8. The van der Waals surface area contributed by atoms with Gasteiger partial charge in [-0.3, -0.25) is 14.5 Å². The highest BCUT2D eigenvalue weighted by atomic mass is 35.5. The van der Waals surface area contributed by atoms with E-state index < -0.39 is 0 Å². The molecule has 0 atom stereocenters. The predicted octanol–water partition coefficient (Wildman–Crippen LogP) is 1.12. The largest absolute Gasteiger partial charge is 0.351 e. The topological polar surface area (TPSA) is 52.7 Å². The van der Waals surface area contributed by atoms with Gasteiger partial charge in [-0.1, -0.05) is 23.7 Å². The standard InChI is InChI=1S/C15H20ClN3O2/c1-12(20)19-7-5-18(6-8-19)11-15(21)17-10-13-3-2-4-14(16)9-13/h2-4,9H,5-8,10-11H2,1H3,(H,17,21). The van der Waals surface area contributed by atoms with E-state index in [1.165, 1.54) is 0 Å². The van der Waals surface area contributed by atoms with Crippen molar-refractivity contribution in [2.45, 2.75) is 13.5 Å². The van der Waals surface area contributed by atoms with Crippen molar-refractivity contribution in [3.63, 3.8) is 0 Å². The Morgan fingerprint density at radius 3 is 2.57 bits per heavy atom. The monoisotopic (exact) mass is 309 g/mol. The molecule has 5 nitrogen and oxygen atoms in total. The third-order valence-electron chi connectivity index (χ3n) is 3.56. The van der Waals surface area contributed by atoms with Crippen LogP contribution in [0.15, 0.2) is 24.3 Å². The zero-order chi connectivity index (χ0) is 15.2. The maximum absolute atomic E-state index is 11.9.